The molecule has 0 aliphatic heterocycles. The van der Waals surface area contributed by atoms with Crippen molar-refractivity contribution in [3.8, 4) is 0 Å². The van der Waals surface area contributed by atoms with Gasteiger partial charge in [-0.05, 0) is 43.2 Å². The molecule has 18 heavy (non-hydrogen) atoms. The van der Waals surface area contributed by atoms with Crippen LogP contribution in [-0.2, 0) is 5.54 Å². The largest absolute Gasteiger partial charge is 0.321 e. The van der Waals surface area contributed by atoms with Gasteiger partial charge >= 0.3 is 0 Å². The average molecular weight is 245 g/mol. The highest BCUT2D eigenvalue weighted by Gasteiger charge is 2.31. The van der Waals surface area contributed by atoms with E-state index in [0.29, 0.717) is 0 Å². The number of nitrogens with two attached hydrogens (primary N) is 1. The monoisotopic (exact) mass is 245 g/mol. The van der Waals surface area contributed by atoms with E-state index in [4.69, 9.17) is 5.73 Å². The highest BCUT2D eigenvalue weighted by Crippen LogP contribution is 2.38. The van der Waals surface area contributed by atoms with Crippen molar-refractivity contribution in [2.45, 2.75) is 64.3 Å². The first kappa shape index (κ1) is 13.6. The van der Waals surface area contributed by atoms with Crippen LogP contribution in [0.2, 0.25) is 0 Å². The molecule has 1 aliphatic carbocycles. The van der Waals surface area contributed by atoms with Crippen LogP contribution in [0.3, 0.4) is 0 Å². The van der Waals surface area contributed by atoms with Crippen LogP contribution in [0.5, 0.6) is 0 Å². The molecule has 100 valence electrons. The molecule has 0 amide bonds. The predicted molar refractivity (Wildman–Crippen MR) is 78.5 cm³/mol. The van der Waals surface area contributed by atoms with Gasteiger partial charge in [0.2, 0.25) is 0 Å². The van der Waals surface area contributed by atoms with E-state index in [0.717, 1.165) is 18.8 Å². The second-order valence-corrected chi connectivity index (χ2v) is 6.06. The van der Waals surface area contributed by atoms with Gasteiger partial charge in [-0.3, -0.25) is 0 Å². The molecule has 0 heterocycles. The molecular formula is C17H27N. The Hall–Kier alpha value is -0.820. The number of benzene rings is 1. The van der Waals surface area contributed by atoms with Gasteiger partial charge in [-0.1, -0.05) is 56.9 Å². The highest BCUT2D eigenvalue weighted by molar-refractivity contribution is 5.32. The minimum absolute atomic E-state index is 0.0756. The van der Waals surface area contributed by atoms with Crippen LogP contribution < -0.4 is 5.73 Å². The van der Waals surface area contributed by atoms with Crippen LogP contribution >= 0.6 is 0 Å². The lowest BCUT2D eigenvalue weighted by atomic mass is 9.81. The summed E-state index contributed by atoms with van der Waals surface area (Å²) in [6.45, 7) is 4.49. The van der Waals surface area contributed by atoms with Crippen molar-refractivity contribution in [3.05, 3.63) is 35.4 Å². The third-order valence-corrected chi connectivity index (χ3v) is 4.61. The van der Waals surface area contributed by atoms with E-state index in [-0.39, 0.29) is 5.54 Å². The number of aryl methyl sites for hydroxylation is 1. The molecule has 1 aromatic rings. The lowest BCUT2D eigenvalue weighted by Gasteiger charge is -2.30. The summed E-state index contributed by atoms with van der Waals surface area (Å²) < 4.78 is 0. The Morgan fingerprint density at radius 1 is 1.22 bits per heavy atom. The molecule has 1 fully saturated rings. The van der Waals surface area contributed by atoms with Crippen LogP contribution in [0.25, 0.3) is 0 Å². The second-order valence-electron chi connectivity index (χ2n) is 6.06. The lowest BCUT2D eigenvalue weighted by Crippen LogP contribution is -2.36. The van der Waals surface area contributed by atoms with Crippen molar-refractivity contribution in [1.82, 2.24) is 0 Å². The molecule has 1 heteroatoms. The van der Waals surface area contributed by atoms with Crippen molar-refractivity contribution in [2.24, 2.45) is 11.7 Å². The lowest BCUT2D eigenvalue weighted by molar-refractivity contribution is 0.365. The Balaban J connectivity index is 2.14. The van der Waals surface area contributed by atoms with E-state index in [1.54, 1.807) is 0 Å². The minimum atomic E-state index is -0.0756. The summed E-state index contributed by atoms with van der Waals surface area (Å²) in [5.41, 5.74) is 9.40. The zero-order valence-electron chi connectivity index (χ0n) is 11.9. The van der Waals surface area contributed by atoms with Gasteiger partial charge in [-0.2, -0.15) is 0 Å². The van der Waals surface area contributed by atoms with Gasteiger partial charge in [0.1, 0.15) is 0 Å². The van der Waals surface area contributed by atoms with Crippen molar-refractivity contribution in [2.75, 3.05) is 0 Å². The molecule has 2 N–H and O–H groups in total. The van der Waals surface area contributed by atoms with Crippen molar-refractivity contribution < 1.29 is 0 Å². The second kappa shape index (κ2) is 5.88. The maximum atomic E-state index is 6.74. The summed E-state index contributed by atoms with van der Waals surface area (Å²) >= 11 is 0. The molecule has 0 aromatic heterocycles. The third-order valence-electron chi connectivity index (χ3n) is 4.61. The molecule has 1 saturated carbocycles. The first-order valence-electron chi connectivity index (χ1n) is 7.50. The topological polar surface area (TPSA) is 26.0 Å². The Morgan fingerprint density at radius 3 is 2.72 bits per heavy atom. The summed E-state index contributed by atoms with van der Waals surface area (Å²) in [4.78, 5) is 0. The molecule has 1 nitrogen and oxygen atoms in total. The van der Waals surface area contributed by atoms with E-state index in [1.807, 2.05) is 0 Å². The zero-order chi connectivity index (χ0) is 13.0. The fourth-order valence-electron chi connectivity index (χ4n) is 3.54. The number of rotatable bonds is 3. The molecule has 2 unspecified atom stereocenters. The van der Waals surface area contributed by atoms with Crippen LogP contribution in [-0.4, -0.2) is 0 Å². The maximum Gasteiger partial charge on any atom is 0.0412 e. The molecule has 2 rings (SSSR count). The first-order valence-corrected chi connectivity index (χ1v) is 7.50. The van der Waals surface area contributed by atoms with E-state index in [9.17, 15) is 0 Å². The van der Waals surface area contributed by atoms with E-state index in [2.05, 4.69) is 38.1 Å². The summed E-state index contributed by atoms with van der Waals surface area (Å²) in [7, 11) is 0. The molecule has 0 spiro atoms. The highest BCUT2D eigenvalue weighted by atomic mass is 14.7. The minimum Gasteiger partial charge on any atom is -0.321 e. The Bertz CT molecular complexity index is 385. The summed E-state index contributed by atoms with van der Waals surface area (Å²) in [6, 6.07) is 8.66. The molecule has 1 aromatic carbocycles. The SMILES string of the molecule is CCCC1CCCC(N)(c2ccccc2C)CC1. The Kier molecular flexibility index (Phi) is 4.45. The molecule has 0 radical (unpaired) electrons. The molecular weight excluding hydrogens is 218 g/mol. The summed E-state index contributed by atoms with van der Waals surface area (Å²) in [6.07, 6.45) is 8.96. The van der Waals surface area contributed by atoms with Gasteiger partial charge in [-0.15, -0.1) is 0 Å². The number of hydrogen-bond donors (Lipinski definition) is 1. The molecule has 0 saturated heterocycles. The van der Waals surface area contributed by atoms with Crippen LogP contribution in [0, 0.1) is 12.8 Å². The predicted octanol–water partition coefficient (Wildman–Crippen LogP) is 4.53. The standard InChI is InChI=1S/C17H27N/c1-3-7-15-9-6-12-17(18,13-11-15)16-10-5-4-8-14(16)2/h4-5,8,10,15H,3,6-7,9,11-13,18H2,1-2H3. The fourth-order valence-corrected chi connectivity index (χ4v) is 3.54. The third kappa shape index (κ3) is 2.95. The fraction of sp³-hybridized carbons (Fsp3) is 0.647. The van der Waals surface area contributed by atoms with E-state index in [1.165, 1.54) is 43.2 Å². The first-order chi connectivity index (χ1) is 8.65. The van der Waals surface area contributed by atoms with Crippen LogP contribution in [0.1, 0.15) is 63.0 Å². The smallest absolute Gasteiger partial charge is 0.0412 e. The maximum absolute atomic E-state index is 6.74. The average Bonchev–Trinajstić information content (AvgIpc) is 2.54. The Labute approximate surface area is 112 Å². The molecule has 2 atom stereocenters. The summed E-state index contributed by atoms with van der Waals surface area (Å²) in [5.74, 6) is 0.907. The van der Waals surface area contributed by atoms with Crippen LogP contribution in [0.15, 0.2) is 24.3 Å². The van der Waals surface area contributed by atoms with Crippen molar-refractivity contribution >= 4 is 0 Å². The molecule has 0 bridgehead atoms. The van der Waals surface area contributed by atoms with Gasteiger partial charge in [0.15, 0.2) is 0 Å². The van der Waals surface area contributed by atoms with Gasteiger partial charge in [0.05, 0.1) is 0 Å². The van der Waals surface area contributed by atoms with Crippen molar-refractivity contribution in [3.63, 3.8) is 0 Å². The molecule has 1 aliphatic rings. The normalized spacial score (nSPS) is 28.9. The van der Waals surface area contributed by atoms with Gasteiger partial charge in [0.25, 0.3) is 0 Å². The Morgan fingerprint density at radius 2 is 2.00 bits per heavy atom. The van der Waals surface area contributed by atoms with Gasteiger partial charge in [0, 0.05) is 5.54 Å². The van der Waals surface area contributed by atoms with E-state index < -0.39 is 0 Å². The van der Waals surface area contributed by atoms with Gasteiger partial charge in [-0.25, -0.2) is 0 Å². The van der Waals surface area contributed by atoms with Gasteiger partial charge < -0.3 is 5.73 Å². The van der Waals surface area contributed by atoms with E-state index >= 15 is 0 Å². The summed E-state index contributed by atoms with van der Waals surface area (Å²) in [5, 5.41) is 0. The quantitative estimate of drug-likeness (QED) is 0.778. The van der Waals surface area contributed by atoms with Crippen LogP contribution in [0.4, 0.5) is 0 Å². The zero-order valence-corrected chi connectivity index (χ0v) is 11.9. The van der Waals surface area contributed by atoms with Crippen molar-refractivity contribution in [1.29, 1.82) is 0 Å². The number of hydrogen-bond acceptors (Lipinski definition) is 1.